The Morgan fingerprint density at radius 3 is 2.67 bits per heavy atom. The number of aromatic nitrogens is 2. The molecule has 0 radical (unpaired) electrons. The molecule has 3 nitrogen and oxygen atoms in total. The maximum absolute atomic E-state index is 5.15. The van der Waals surface area contributed by atoms with Crippen molar-refractivity contribution in [2.45, 2.75) is 0 Å². The SMILES string of the molecule is COc1ccc(-c2csc(-c3ccc[nH]3)n2)cc1. The van der Waals surface area contributed by atoms with Gasteiger partial charge in [-0.2, -0.15) is 0 Å². The lowest BCUT2D eigenvalue weighted by Crippen LogP contribution is -1.83. The monoisotopic (exact) mass is 256 g/mol. The van der Waals surface area contributed by atoms with Gasteiger partial charge in [-0.1, -0.05) is 0 Å². The lowest BCUT2D eigenvalue weighted by molar-refractivity contribution is 0.415. The van der Waals surface area contributed by atoms with Crippen LogP contribution in [-0.2, 0) is 0 Å². The van der Waals surface area contributed by atoms with E-state index in [0.29, 0.717) is 0 Å². The van der Waals surface area contributed by atoms with Gasteiger partial charge in [0, 0.05) is 17.1 Å². The van der Waals surface area contributed by atoms with Gasteiger partial charge in [-0.05, 0) is 36.4 Å². The Kier molecular flexibility index (Phi) is 2.86. The van der Waals surface area contributed by atoms with Crippen LogP contribution >= 0.6 is 11.3 Å². The molecule has 0 aliphatic heterocycles. The van der Waals surface area contributed by atoms with Gasteiger partial charge in [0.2, 0.25) is 0 Å². The van der Waals surface area contributed by atoms with Crippen LogP contribution in [0.2, 0.25) is 0 Å². The Hall–Kier alpha value is -2.07. The minimum atomic E-state index is 0.860. The van der Waals surface area contributed by atoms with E-state index in [4.69, 9.17) is 4.74 Å². The summed E-state index contributed by atoms with van der Waals surface area (Å²) in [6, 6.07) is 11.9. The molecule has 0 fully saturated rings. The fourth-order valence-corrected chi connectivity index (χ4v) is 2.57. The molecular weight excluding hydrogens is 244 g/mol. The Bertz CT molecular complexity index is 626. The molecule has 0 aliphatic rings. The minimum Gasteiger partial charge on any atom is -0.497 e. The highest BCUT2D eigenvalue weighted by Crippen LogP contribution is 2.28. The van der Waals surface area contributed by atoms with Gasteiger partial charge in [0.05, 0.1) is 18.5 Å². The van der Waals surface area contributed by atoms with E-state index in [1.165, 1.54) is 0 Å². The quantitative estimate of drug-likeness (QED) is 0.773. The second-order valence-electron chi connectivity index (χ2n) is 3.85. The van der Waals surface area contributed by atoms with Gasteiger partial charge in [0.1, 0.15) is 10.8 Å². The molecular formula is C14H12N2OS. The van der Waals surface area contributed by atoms with Crippen molar-refractivity contribution >= 4 is 11.3 Å². The number of ether oxygens (including phenoxy) is 1. The minimum absolute atomic E-state index is 0.860. The number of rotatable bonds is 3. The molecule has 1 N–H and O–H groups in total. The van der Waals surface area contributed by atoms with Crippen LogP contribution in [-0.4, -0.2) is 17.1 Å². The Balaban J connectivity index is 1.92. The number of hydrogen-bond acceptors (Lipinski definition) is 3. The largest absolute Gasteiger partial charge is 0.497 e. The molecule has 0 atom stereocenters. The number of hydrogen-bond donors (Lipinski definition) is 1. The van der Waals surface area contributed by atoms with E-state index in [1.807, 2.05) is 42.6 Å². The summed E-state index contributed by atoms with van der Waals surface area (Å²) in [6.45, 7) is 0. The van der Waals surface area contributed by atoms with Crippen LogP contribution in [0.25, 0.3) is 22.0 Å². The number of benzene rings is 1. The highest BCUT2D eigenvalue weighted by atomic mass is 32.1. The molecule has 0 saturated heterocycles. The second kappa shape index (κ2) is 4.66. The van der Waals surface area contributed by atoms with Crippen molar-refractivity contribution in [2.75, 3.05) is 7.11 Å². The first-order valence-corrected chi connectivity index (χ1v) is 6.48. The summed E-state index contributed by atoms with van der Waals surface area (Å²) in [5.41, 5.74) is 3.15. The zero-order chi connectivity index (χ0) is 12.4. The molecule has 18 heavy (non-hydrogen) atoms. The third kappa shape index (κ3) is 2.02. The summed E-state index contributed by atoms with van der Waals surface area (Å²) < 4.78 is 5.15. The average Bonchev–Trinajstić information content (AvgIpc) is 3.09. The first-order chi connectivity index (χ1) is 8.86. The molecule has 3 rings (SSSR count). The normalized spacial score (nSPS) is 10.5. The van der Waals surface area contributed by atoms with Crippen LogP contribution in [0, 0.1) is 0 Å². The predicted octanol–water partition coefficient (Wildman–Crippen LogP) is 3.81. The second-order valence-corrected chi connectivity index (χ2v) is 4.71. The Morgan fingerprint density at radius 1 is 1.17 bits per heavy atom. The van der Waals surface area contributed by atoms with Crippen LogP contribution < -0.4 is 4.74 Å². The topological polar surface area (TPSA) is 37.9 Å². The highest BCUT2D eigenvalue weighted by Gasteiger charge is 2.06. The molecule has 1 aromatic carbocycles. The van der Waals surface area contributed by atoms with Crippen molar-refractivity contribution in [1.29, 1.82) is 0 Å². The maximum Gasteiger partial charge on any atom is 0.140 e. The lowest BCUT2D eigenvalue weighted by Gasteiger charge is -2.00. The van der Waals surface area contributed by atoms with Gasteiger partial charge in [-0.25, -0.2) is 4.98 Å². The van der Waals surface area contributed by atoms with Crippen LogP contribution in [0.1, 0.15) is 0 Å². The van der Waals surface area contributed by atoms with Crippen molar-refractivity contribution < 1.29 is 4.74 Å². The molecule has 2 heterocycles. The molecule has 0 saturated carbocycles. The summed E-state index contributed by atoms with van der Waals surface area (Å²) in [4.78, 5) is 7.79. The van der Waals surface area contributed by atoms with Gasteiger partial charge < -0.3 is 9.72 Å². The van der Waals surface area contributed by atoms with Crippen LogP contribution in [0.3, 0.4) is 0 Å². The molecule has 0 bridgehead atoms. The van der Waals surface area contributed by atoms with E-state index < -0.39 is 0 Å². The molecule has 0 aliphatic carbocycles. The lowest BCUT2D eigenvalue weighted by atomic mass is 10.2. The smallest absolute Gasteiger partial charge is 0.140 e. The van der Waals surface area contributed by atoms with E-state index >= 15 is 0 Å². The van der Waals surface area contributed by atoms with Gasteiger partial charge in [-0.15, -0.1) is 11.3 Å². The van der Waals surface area contributed by atoms with E-state index in [9.17, 15) is 0 Å². The number of nitrogens with zero attached hydrogens (tertiary/aromatic N) is 1. The summed E-state index contributed by atoms with van der Waals surface area (Å²) in [6.07, 6.45) is 1.91. The van der Waals surface area contributed by atoms with Crippen molar-refractivity contribution in [3.05, 3.63) is 48.0 Å². The van der Waals surface area contributed by atoms with Crippen LogP contribution in [0.15, 0.2) is 48.0 Å². The van der Waals surface area contributed by atoms with Gasteiger partial charge >= 0.3 is 0 Å². The number of thiazole rings is 1. The third-order valence-electron chi connectivity index (χ3n) is 2.72. The van der Waals surface area contributed by atoms with Crippen molar-refractivity contribution in [3.8, 4) is 27.7 Å². The molecule has 3 aromatic rings. The van der Waals surface area contributed by atoms with Gasteiger partial charge in [-0.3, -0.25) is 0 Å². The van der Waals surface area contributed by atoms with Crippen LogP contribution in [0.4, 0.5) is 0 Å². The Labute approximate surface area is 109 Å². The van der Waals surface area contributed by atoms with E-state index in [2.05, 4.69) is 15.3 Å². The first-order valence-electron chi connectivity index (χ1n) is 5.60. The molecule has 0 spiro atoms. The summed E-state index contributed by atoms with van der Waals surface area (Å²) >= 11 is 1.64. The fraction of sp³-hybridized carbons (Fsp3) is 0.0714. The van der Waals surface area contributed by atoms with E-state index in [-0.39, 0.29) is 0 Å². The summed E-state index contributed by atoms with van der Waals surface area (Å²) in [7, 11) is 1.67. The number of methoxy groups -OCH3 is 1. The molecule has 4 heteroatoms. The summed E-state index contributed by atoms with van der Waals surface area (Å²) in [5, 5.41) is 3.07. The molecule has 2 aromatic heterocycles. The third-order valence-corrected chi connectivity index (χ3v) is 3.59. The van der Waals surface area contributed by atoms with Crippen molar-refractivity contribution in [1.82, 2.24) is 9.97 Å². The van der Waals surface area contributed by atoms with E-state index in [1.54, 1.807) is 18.4 Å². The summed E-state index contributed by atoms with van der Waals surface area (Å²) in [5.74, 6) is 0.860. The zero-order valence-electron chi connectivity index (χ0n) is 9.88. The number of H-pyrrole nitrogens is 1. The van der Waals surface area contributed by atoms with Gasteiger partial charge in [0.15, 0.2) is 0 Å². The maximum atomic E-state index is 5.15. The first kappa shape index (κ1) is 11.0. The number of aromatic amines is 1. The predicted molar refractivity (Wildman–Crippen MR) is 73.9 cm³/mol. The number of nitrogens with one attached hydrogen (secondary N) is 1. The van der Waals surface area contributed by atoms with Crippen molar-refractivity contribution in [2.24, 2.45) is 0 Å². The van der Waals surface area contributed by atoms with Gasteiger partial charge in [0.25, 0.3) is 0 Å². The Morgan fingerprint density at radius 2 is 2.00 bits per heavy atom. The highest BCUT2D eigenvalue weighted by molar-refractivity contribution is 7.13. The molecule has 90 valence electrons. The van der Waals surface area contributed by atoms with E-state index in [0.717, 1.165) is 27.7 Å². The zero-order valence-corrected chi connectivity index (χ0v) is 10.7. The molecule has 0 amide bonds. The fourth-order valence-electron chi connectivity index (χ4n) is 1.76. The van der Waals surface area contributed by atoms with Crippen molar-refractivity contribution in [3.63, 3.8) is 0 Å². The van der Waals surface area contributed by atoms with Crippen LogP contribution in [0.5, 0.6) is 5.75 Å². The average molecular weight is 256 g/mol. The standard InChI is InChI=1S/C14H12N2OS/c1-17-11-6-4-10(5-7-11)13-9-18-14(16-13)12-3-2-8-15-12/h2-9,15H,1H3. The molecule has 0 unspecified atom stereocenters.